The highest BCUT2D eigenvalue weighted by Crippen LogP contribution is 2.38. The van der Waals surface area contributed by atoms with E-state index in [2.05, 4.69) is 9.69 Å². The number of carbonyl (C=O) groups is 1. The second kappa shape index (κ2) is 4.04. The first kappa shape index (κ1) is 11.1. The number of nitrogens with one attached hydrogen (secondary N) is 1. The van der Waals surface area contributed by atoms with E-state index in [0.717, 1.165) is 19.6 Å². The van der Waals surface area contributed by atoms with Crippen LogP contribution in [-0.4, -0.2) is 53.1 Å². The van der Waals surface area contributed by atoms with Gasteiger partial charge in [-0.2, -0.15) is 0 Å². The first-order valence-corrected chi connectivity index (χ1v) is 6.59. The Hall–Kier alpha value is -0.980. The summed E-state index contributed by atoms with van der Waals surface area (Å²) < 4.78 is 3.96. The van der Waals surface area contributed by atoms with Crippen molar-refractivity contribution in [2.75, 3.05) is 32.8 Å². The largest absolute Gasteiger partial charge is 0.396 e. The normalized spacial score (nSPS) is 31.8. The Morgan fingerprint density at radius 1 is 1.76 bits per heavy atom. The van der Waals surface area contributed by atoms with Crippen LogP contribution in [0.3, 0.4) is 0 Å². The summed E-state index contributed by atoms with van der Waals surface area (Å²) in [4.78, 5) is 14.0. The summed E-state index contributed by atoms with van der Waals surface area (Å²) in [6.45, 7) is 3.24. The molecule has 2 N–H and O–H groups in total. The zero-order chi connectivity index (χ0) is 11.9. The molecule has 2 fully saturated rings. The zero-order valence-corrected chi connectivity index (χ0v) is 10.2. The molecule has 2 aliphatic rings. The molecule has 2 aliphatic heterocycles. The van der Waals surface area contributed by atoms with E-state index < -0.39 is 0 Å². The molecule has 0 radical (unpaired) electrons. The van der Waals surface area contributed by atoms with E-state index in [1.807, 2.05) is 4.90 Å². The summed E-state index contributed by atoms with van der Waals surface area (Å²) in [5.74, 6) is 0.420. The van der Waals surface area contributed by atoms with Crippen LogP contribution in [0, 0.1) is 11.3 Å². The van der Waals surface area contributed by atoms with Gasteiger partial charge in [0.25, 0.3) is 5.91 Å². The SMILES string of the molecule is O=C(c1cnsc1)N1CC2CNCC2(CO)C1. The molecule has 0 spiro atoms. The molecule has 0 saturated carbocycles. The highest BCUT2D eigenvalue weighted by Gasteiger charge is 2.50. The lowest BCUT2D eigenvalue weighted by Crippen LogP contribution is -2.37. The maximum absolute atomic E-state index is 12.2. The molecule has 1 aromatic heterocycles. The van der Waals surface area contributed by atoms with Crippen molar-refractivity contribution in [1.29, 1.82) is 0 Å². The Labute approximate surface area is 104 Å². The minimum Gasteiger partial charge on any atom is -0.396 e. The van der Waals surface area contributed by atoms with Gasteiger partial charge in [0, 0.05) is 37.0 Å². The summed E-state index contributed by atoms with van der Waals surface area (Å²) in [5.41, 5.74) is 0.537. The number of aromatic nitrogens is 1. The highest BCUT2D eigenvalue weighted by molar-refractivity contribution is 7.03. The fourth-order valence-corrected chi connectivity index (χ4v) is 3.40. The van der Waals surface area contributed by atoms with Crippen molar-refractivity contribution in [3.05, 3.63) is 17.1 Å². The Balaban J connectivity index is 1.78. The van der Waals surface area contributed by atoms with Gasteiger partial charge in [-0.1, -0.05) is 0 Å². The summed E-state index contributed by atoms with van der Waals surface area (Å²) >= 11 is 1.29. The van der Waals surface area contributed by atoms with Crippen molar-refractivity contribution in [1.82, 2.24) is 14.6 Å². The molecule has 0 aliphatic carbocycles. The van der Waals surface area contributed by atoms with E-state index in [0.29, 0.717) is 18.0 Å². The summed E-state index contributed by atoms with van der Waals surface area (Å²) in [6.07, 6.45) is 1.62. The summed E-state index contributed by atoms with van der Waals surface area (Å²) in [5, 5.41) is 14.6. The average Bonchev–Trinajstić information content (AvgIpc) is 3.03. The number of nitrogens with zero attached hydrogens (tertiary/aromatic N) is 2. The molecule has 3 heterocycles. The van der Waals surface area contributed by atoms with E-state index in [4.69, 9.17) is 0 Å². The zero-order valence-electron chi connectivity index (χ0n) is 9.43. The number of aliphatic hydroxyl groups excluding tert-OH is 1. The Kier molecular flexibility index (Phi) is 2.65. The molecule has 2 saturated heterocycles. The maximum Gasteiger partial charge on any atom is 0.256 e. The Morgan fingerprint density at radius 2 is 2.65 bits per heavy atom. The van der Waals surface area contributed by atoms with Gasteiger partial charge in [0.15, 0.2) is 0 Å². The van der Waals surface area contributed by atoms with E-state index in [1.165, 1.54) is 11.5 Å². The Morgan fingerprint density at radius 3 is 3.29 bits per heavy atom. The molecule has 2 unspecified atom stereocenters. The number of hydrogen-bond donors (Lipinski definition) is 2. The predicted octanol–water partition coefficient (Wildman–Crippen LogP) is -0.203. The topological polar surface area (TPSA) is 65.5 Å². The average molecular weight is 253 g/mol. The second-order valence-electron chi connectivity index (χ2n) is 4.95. The molecule has 1 aromatic rings. The molecular formula is C11H15N3O2S. The van der Waals surface area contributed by atoms with Crippen molar-refractivity contribution in [3.63, 3.8) is 0 Å². The molecular weight excluding hydrogens is 238 g/mol. The van der Waals surface area contributed by atoms with E-state index >= 15 is 0 Å². The smallest absolute Gasteiger partial charge is 0.256 e. The fourth-order valence-electron chi connectivity index (χ4n) is 2.89. The summed E-state index contributed by atoms with van der Waals surface area (Å²) in [6, 6.07) is 0. The molecule has 6 heteroatoms. The lowest BCUT2D eigenvalue weighted by atomic mass is 9.82. The van der Waals surface area contributed by atoms with Crippen LogP contribution in [0.1, 0.15) is 10.4 Å². The third-order valence-electron chi connectivity index (χ3n) is 3.96. The fraction of sp³-hybridized carbons (Fsp3) is 0.636. The van der Waals surface area contributed by atoms with Crippen LogP contribution in [0.25, 0.3) is 0 Å². The third-order valence-corrected chi connectivity index (χ3v) is 4.55. The third kappa shape index (κ3) is 1.67. The molecule has 92 valence electrons. The standard InChI is InChI=1S/C11H15N3O2S/c15-7-11-5-12-2-9(11)3-14(6-11)10(16)8-1-13-17-4-8/h1,4,9,12,15H,2-3,5-7H2. The van der Waals surface area contributed by atoms with Gasteiger partial charge in [-0.05, 0) is 17.5 Å². The Bertz CT molecular complexity index is 422. The van der Waals surface area contributed by atoms with E-state index in [1.54, 1.807) is 11.6 Å². The van der Waals surface area contributed by atoms with Crippen molar-refractivity contribution in [2.45, 2.75) is 0 Å². The number of hydrogen-bond acceptors (Lipinski definition) is 5. The number of fused-ring (bicyclic) bond motifs is 1. The van der Waals surface area contributed by atoms with Crippen molar-refractivity contribution in [3.8, 4) is 0 Å². The quantitative estimate of drug-likeness (QED) is 0.766. The minimum absolute atomic E-state index is 0.0426. The number of likely N-dealkylation sites (tertiary alicyclic amines) is 1. The molecule has 1 amide bonds. The van der Waals surface area contributed by atoms with Crippen LogP contribution in [0.4, 0.5) is 0 Å². The van der Waals surface area contributed by atoms with Gasteiger partial charge in [-0.25, -0.2) is 4.37 Å². The monoisotopic (exact) mass is 253 g/mol. The lowest BCUT2D eigenvalue weighted by Gasteiger charge is -2.24. The van der Waals surface area contributed by atoms with Gasteiger partial charge in [0.1, 0.15) is 0 Å². The van der Waals surface area contributed by atoms with Gasteiger partial charge >= 0.3 is 0 Å². The first-order valence-electron chi connectivity index (χ1n) is 5.75. The van der Waals surface area contributed by atoms with Gasteiger partial charge in [0.2, 0.25) is 0 Å². The van der Waals surface area contributed by atoms with Crippen LogP contribution >= 0.6 is 11.5 Å². The van der Waals surface area contributed by atoms with E-state index in [-0.39, 0.29) is 17.9 Å². The number of aliphatic hydroxyl groups is 1. The summed E-state index contributed by atoms with van der Waals surface area (Å²) in [7, 11) is 0. The van der Waals surface area contributed by atoms with Crippen LogP contribution in [-0.2, 0) is 0 Å². The van der Waals surface area contributed by atoms with Crippen LogP contribution in [0.2, 0.25) is 0 Å². The lowest BCUT2D eigenvalue weighted by molar-refractivity contribution is 0.0745. The van der Waals surface area contributed by atoms with Crippen molar-refractivity contribution >= 4 is 17.4 Å². The van der Waals surface area contributed by atoms with Gasteiger partial charge < -0.3 is 15.3 Å². The van der Waals surface area contributed by atoms with Crippen LogP contribution in [0.15, 0.2) is 11.6 Å². The van der Waals surface area contributed by atoms with Gasteiger partial charge in [-0.3, -0.25) is 4.79 Å². The van der Waals surface area contributed by atoms with Crippen LogP contribution in [0.5, 0.6) is 0 Å². The maximum atomic E-state index is 12.2. The van der Waals surface area contributed by atoms with Crippen molar-refractivity contribution < 1.29 is 9.90 Å². The predicted molar refractivity (Wildman–Crippen MR) is 63.9 cm³/mol. The molecule has 0 aromatic carbocycles. The van der Waals surface area contributed by atoms with Gasteiger partial charge in [0.05, 0.1) is 18.4 Å². The second-order valence-corrected chi connectivity index (χ2v) is 5.60. The highest BCUT2D eigenvalue weighted by atomic mass is 32.1. The van der Waals surface area contributed by atoms with E-state index in [9.17, 15) is 9.90 Å². The number of carbonyl (C=O) groups excluding carboxylic acids is 1. The number of amides is 1. The first-order chi connectivity index (χ1) is 8.25. The minimum atomic E-state index is -0.126. The molecule has 2 atom stereocenters. The van der Waals surface area contributed by atoms with Crippen molar-refractivity contribution in [2.24, 2.45) is 11.3 Å². The molecule has 5 nitrogen and oxygen atoms in total. The molecule has 0 bridgehead atoms. The number of rotatable bonds is 2. The van der Waals surface area contributed by atoms with Gasteiger partial charge in [-0.15, -0.1) is 0 Å². The molecule has 3 rings (SSSR count). The van der Waals surface area contributed by atoms with Crippen LogP contribution < -0.4 is 5.32 Å². The molecule has 17 heavy (non-hydrogen) atoms.